The minimum Gasteiger partial charge on any atom is -0.389 e. The van der Waals surface area contributed by atoms with Crippen molar-refractivity contribution < 1.29 is 14.6 Å². The van der Waals surface area contributed by atoms with E-state index in [2.05, 4.69) is 38.3 Å². The Labute approximate surface area is 174 Å². The van der Waals surface area contributed by atoms with E-state index in [0.717, 1.165) is 58.2 Å². The van der Waals surface area contributed by atoms with Crippen molar-refractivity contribution in [1.82, 2.24) is 10.6 Å². The zero-order valence-electron chi connectivity index (χ0n) is 19.5. The minimum absolute atomic E-state index is 0.170. The van der Waals surface area contributed by atoms with Gasteiger partial charge in [0.15, 0.2) is 0 Å². The topological polar surface area (TPSA) is 70.6 Å². The van der Waals surface area contributed by atoms with Crippen LogP contribution in [0.2, 0.25) is 0 Å². The zero-order chi connectivity index (χ0) is 21.4. The average Bonchev–Trinajstić information content (AvgIpc) is 2.64. The van der Waals surface area contributed by atoms with E-state index in [9.17, 15) is 9.90 Å². The van der Waals surface area contributed by atoms with Crippen molar-refractivity contribution >= 4 is 5.91 Å². The molecule has 168 valence electrons. The van der Waals surface area contributed by atoms with Crippen molar-refractivity contribution in [3.8, 4) is 0 Å². The Morgan fingerprint density at radius 2 is 1.68 bits per heavy atom. The summed E-state index contributed by atoms with van der Waals surface area (Å²) in [6.07, 6.45) is 7.20. The number of carbonyl (C=O) groups excluding carboxylic acids is 1. The molecule has 0 aromatic rings. The number of ether oxygens (including phenoxy) is 1. The fraction of sp³-hybridized carbons (Fsp3) is 0.957. The molecule has 0 saturated carbocycles. The second-order valence-electron chi connectivity index (χ2n) is 9.17. The van der Waals surface area contributed by atoms with Gasteiger partial charge < -0.3 is 20.5 Å². The van der Waals surface area contributed by atoms with Gasteiger partial charge in [-0.15, -0.1) is 0 Å². The number of aliphatic hydroxyl groups is 1. The summed E-state index contributed by atoms with van der Waals surface area (Å²) in [5, 5.41) is 16.3. The highest BCUT2D eigenvalue weighted by atomic mass is 16.5. The molecule has 28 heavy (non-hydrogen) atoms. The summed E-state index contributed by atoms with van der Waals surface area (Å²) in [7, 11) is 0. The molecule has 0 aliphatic carbocycles. The van der Waals surface area contributed by atoms with E-state index in [0.29, 0.717) is 25.0 Å². The van der Waals surface area contributed by atoms with Crippen molar-refractivity contribution in [3.63, 3.8) is 0 Å². The smallest absolute Gasteiger partial charge is 0.225 e. The zero-order valence-corrected chi connectivity index (χ0v) is 19.5. The third kappa shape index (κ3) is 13.5. The maximum atomic E-state index is 12.3. The van der Waals surface area contributed by atoms with E-state index < -0.39 is 6.10 Å². The number of aliphatic hydroxyl groups excluding tert-OH is 1. The second kappa shape index (κ2) is 16.2. The normalized spacial score (nSPS) is 14.3. The monoisotopic (exact) mass is 400 g/mol. The molecule has 0 spiro atoms. The standard InChI is InChI=1S/C23H48N2O3/c1-7-20(4)23(5,6)22(27)25-15-11-9-8-10-14-24-17-21(26)18-28-16-12-13-19(2)3/h19-21,24,26H,7-18H2,1-6H3,(H,25,27). The Hall–Kier alpha value is -0.650. The summed E-state index contributed by atoms with van der Waals surface area (Å²) < 4.78 is 5.51. The Balaban J connectivity index is 3.49. The van der Waals surface area contributed by atoms with Gasteiger partial charge in [0.1, 0.15) is 0 Å². The molecule has 5 nitrogen and oxygen atoms in total. The lowest BCUT2D eigenvalue weighted by Gasteiger charge is -2.29. The Morgan fingerprint density at radius 1 is 1.04 bits per heavy atom. The van der Waals surface area contributed by atoms with Gasteiger partial charge in [-0.1, -0.05) is 60.8 Å². The number of hydrogen-bond donors (Lipinski definition) is 3. The molecule has 0 aliphatic rings. The van der Waals surface area contributed by atoms with E-state index in [1.165, 1.54) is 6.42 Å². The molecule has 0 fully saturated rings. The molecule has 2 unspecified atom stereocenters. The number of rotatable bonds is 18. The molecule has 0 rings (SSSR count). The minimum atomic E-state index is -0.428. The number of unbranched alkanes of at least 4 members (excludes halogenated alkanes) is 3. The van der Waals surface area contributed by atoms with Crippen LogP contribution in [0, 0.1) is 17.3 Å². The van der Waals surface area contributed by atoms with Crippen LogP contribution in [0.15, 0.2) is 0 Å². The van der Waals surface area contributed by atoms with Gasteiger partial charge in [0.25, 0.3) is 0 Å². The van der Waals surface area contributed by atoms with Gasteiger partial charge >= 0.3 is 0 Å². The maximum Gasteiger partial charge on any atom is 0.225 e. The highest BCUT2D eigenvalue weighted by Gasteiger charge is 2.32. The highest BCUT2D eigenvalue weighted by Crippen LogP contribution is 2.28. The van der Waals surface area contributed by atoms with E-state index in [1.54, 1.807) is 0 Å². The molecule has 5 heteroatoms. The average molecular weight is 401 g/mol. The van der Waals surface area contributed by atoms with Crippen LogP contribution in [-0.4, -0.2) is 50.0 Å². The fourth-order valence-corrected chi connectivity index (χ4v) is 3.03. The number of carbonyl (C=O) groups is 1. The van der Waals surface area contributed by atoms with E-state index in [-0.39, 0.29) is 11.3 Å². The van der Waals surface area contributed by atoms with Crippen LogP contribution in [-0.2, 0) is 9.53 Å². The summed E-state index contributed by atoms with van der Waals surface area (Å²) >= 11 is 0. The molecule has 0 aromatic heterocycles. The van der Waals surface area contributed by atoms with Crippen LogP contribution in [0.4, 0.5) is 0 Å². The van der Waals surface area contributed by atoms with Crippen LogP contribution in [0.25, 0.3) is 0 Å². The third-order valence-electron chi connectivity index (χ3n) is 5.76. The molecule has 0 heterocycles. The van der Waals surface area contributed by atoms with Gasteiger partial charge in [-0.3, -0.25) is 4.79 Å². The van der Waals surface area contributed by atoms with Crippen molar-refractivity contribution in [3.05, 3.63) is 0 Å². The fourth-order valence-electron chi connectivity index (χ4n) is 3.03. The van der Waals surface area contributed by atoms with Crippen LogP contribution in [0.5, 0.6) is 0 Å². The Kier molecular flexibility index (Phi) is 15.8. The van der Waals surface area contributed by atoms with Crippen LogP contribution in [0.1, 0.15) is 86.5 Å². The van der Waals surface area contributed by atoms with Crippen LogP contribution < -0.4 is 10.6 Å². The first-order valence-electron chi connectivity index (χ1n) is 11.5. The molecule has 0 aromatic carbocycles. The number of nitrogens with one attached hydrogen (secondary N) is 2. The summed E-state index contributed by atoms with van der Waals surface area (Å²) in [6.45, 7) is 16.2. The quantitative estimate of drug-likeness (QED) is 0.302. The predicted molar refractivity (Wildman–Crippen MR) is 118 cm³/mol. The predicted octanol–water partition coefficient (Wildman–Crippen LogP) is 4.14. The maximum absolute atomic E-state index is 12.3. The molecular formula is C23H48N2O3. The van der Waals surface area contributed by atoms with Crippen molar-refractivity contribution in [2.24, 2.45) is 17.3 Å². The third-order valence-corrected chi connectivity index (χ3v) is 5.76. The van der Waals surface area contributed by atoms with Gasteiger partial charge in [0.2, 0.25) is 5.91 Å². The SMILES string of the molecule is CCC(C)C(C)(C)C(=O)NCCCCCCNCC(O)COCCCC(C)C. The van der Waals surface area contributed by atoms with Crippen molar-refractivity contribution in [2.75, 3.05) is 32.8 Å². The van der Waals surface area contributed by atoms with E-state index >= 15 is 0 Å². The van der Waals surface area contributed by atoms with Crippen molar-refractivity contribution in [2.45, 2.75) is 92.6 Å². The van der Waals surface area contributed by atoms with Crippen LogP contribution in [0.3, 0.4) is 0 Å². The first kappa shape index (κ1) is 27.4. The Bertz CT molecular complexity index is 386. The number of hydrogen-bond acceptors (Lipinski definition) is 4. The molecule has 0 aliphatic heterocycles. The first-order chi connectivity index (χ1) is 13.2. The first-order valence-corrected chi connectivity index (χ1v) is 11.5. The molecule has 0 radical (unpaired) electrons. The largest absolute Gasteiger partial charge is 0.389 e. The van der Waals surface area contributed by atoms with Gasteiger partial charge in [0, 0.05) is 25.1 Å². The highest BCUT2D eigenvalue weighted by molar-refractivity contribution is 5.82. The lowest BCUT2D eigenvalue weighted by molar-refractivity contribution is -0.131. The second-order valence-corrected chi connectivity index (χ2v) is 9.17. The van der Waals surface area contributed by atoms with Gasteiger partial charge in [-0.25, -0.2) is 0 Å². The van der Waals surface area contributed by atoms with Gasteiger partial charge in [0.05, 0.1) is 12.7 Å². The summed E-state index contributed by atoms with van der Waals surface area (Å²) in [5.74, 6) is 1.27. The van der Waals surface area contributed by atoms with Gasteiger partial charge in [-0.2, -0.15) is 0 Å². The van der Waals surface area contributed by atoms with Gasteiger partial charge in [-0.05, 0) is 44.1 Å². The lowest BCUT2D eigenvalue weighted by atomic mass is 9.77. The summed E-state index contributed by atoms with van der Waals surface area (Å²) in [4.78, 5) is 12.3. The molecule has 0 saturated heterocycles. The van der Waals surface area contributed by atoms with E-state index in [4.69, 9.17) is 4.74 Å². The van der Waals surface area contributed by atoms with Crippen molar-refractivity contribution in [1.29, 1.82) is 0 Å². The molecule has 0 bridgehead atoms. The summed E-state index contributed by atoms with van der Waals surface area (Å²) in [5.41, 5.74) is -0.294. The lowest BCUT2D eigenvalue weighted by Crippen LogP contribution is -2.41. The molecule has 3 N–H and O–H groups in total. The number of amides is 1. The molecular weight excluding hydrogens is 352 g/mol. The van der Waals surface area contributed by atoms with Crippen LogP contribution >= 0.6 is 0 Å². The summed E-state index contributed by atoms with van der Waals surface area (Å²) in [6, 6.07) is 0. The molecule has 1 amide bonds. The molecule has 2 atom stereocenters. The van der Waals surface area contributed by atoms with E-state index in [1.807, 2.05) is 13.8 Å². The Morgan fingerprint density at radius 3 is 2.29 bits per heavy atom.